The van der Waals surface area contributed by atoms with Crippen LogP contribution in [0.15, 0.2) is 0 Å². The fourth-order valence-electron chi connectivity index (χ4n) is 2.81. The zero-order valence-corrected chi connectivity index (χ0v) is 10.8. The van der Waals surface area contributed by atoms with Crippen LogP contribution in [0, 0.1) is 17.3 Å². The van der Waals surface area contributed by atoms with Crippen LogP contribution >= 0.6 is 0 Å². The number of carbonyl (C=O) groups excluding carboxylic acids is 1. The lowest BCUT2D eigenvalue weighted by molar-refractivity contribution is -0.118. The third-order valence-corrected chi connectivity index (χ3v) is 4.04. The SMILES string of the molecule is CC(C)(C)C1CCC(C(N)CC(N)=O)CC1. The van der Waals surface area contributed by atoms with Crippen molar-refractivity contribution >= 4 is 5.91 Å². The number of carbonyl (C=O) groups is 1. The van der Waals surface area contributed by atoms with Crippen LogP contribution in [0.1, 0.15) is 52.9 Å². The van der Waals surface area contributed by atoms with Gasteiger partial charge in [0.15, 0.2) is 0 Å². The van der Waals surface area contributed by atoms with Crippen LogP contribution in [0.4, 0.5) is 0 Å². The molecule has 1 aliphatic carbocycles. The van der Waals surface area contributed by atoms with Crippen molar-refractivity contribution in [2.75, 3.05) is 0 Å². The highest BCUT2D eigenvalue weighted by Crippen LogP contribution is 2.40. The second-order valence-electron chi connectivity index (χ2n) is 6.31. The summed E-state index contributed by atoms with van der Waals surface area (Å²) >= 11 is 0. The number of nitrogens with two attached hydrogens (primary N) is 2. The lowest BCUT2D eigenvalue weighted by Crippen LogP contribution is -2.38. The highest BCUT2D eigenvalue weighted by Gasteiger charge is 2.31. The Morgan fingerprint density at radius 3 is 2.12 bits per heavy atom. The van der Waals surface area contributed by atoms with E-state index in [0.29, 0.717) is 17.8 Å². The maximum absolute atomic E-state index is 10.8. The van der Waals surface area contributed by atoms with Crippen molar-refractivity contribution in [3.63, 3.8) is 0 Å². The first kappa shape index (κ1) is 13.5. The van der Waals surface area contributed by atoms with Gasteiger partial charge in [0.2, 0.25) is 5.91 Å². The van der Waals surface area contributed by atoms with Gasteiger partial charge in [-0.05, 0) is 42.9 Å². The molecule has 1 fully saturated rings. The van der Waals surface area contributed by atoms with E-state index in [-0.39, 0.29) is 11.9 Å². The van der Waals surface area contributed by atoms with Crippen LogP contribution in [-0.2, 0) is 4.79 Å². The van der Waals surface area contributed by atoms with E-state index in [0.717, 1.165) is 18.8 Å². The molecule has 0 spiro atoms. The predicted octanol–water partition coefficient (Wildman–Crippen LogP) is 2.04. The minimum Gasteiger partial charge on any atom is -0.370 e. The zero-order valence-electron chi connectivity index (χ0n) is 10.8. The van der Waals surface area contributed by atoms with Gasteiger partial charge >= 0.3 is 0 Å². The van der Waals surface area contributed by atoms with Gasteiger partial charge in [-0.15, -0.1) is 0 Å². The van der Waals surface area contributed by atoms with Crippen molar-refractivity contribution < 1.29 is 4.79 Å². The van der Waals surface area contributed by atoms with Gasteiger partial charge in [0, 0.05) is 12.5 Å². The molecule has 1 atom stereocenters. The van der Waals surface area contributed by atoms with Gasteiger partial charge in [0.05, 0.1) is 0 Å². The largest absolute Gasteiger partial charge is 0.370 e. The molecular weight excluding hydrogens is 200 g/mol. The van der Waals surface area contributed by atoms with Crippen LogP contribution in [0.25, 0.3) is 0 Å². The lowest BCUT2D eigenvalue weighted by Gasteiger charge is -2.38. The predicted molar refractivity (Wildman–Crippen MR) is 66.7 cm³/mol. The molecule has 0 aromatic rings. The Morgan fingerprint density at radius 2 is 1.75 bits per heavy atom. The maximum Gasteiger partial charge on any atom is 0.218 e. The molecule has 3 nitrogen and oxygen atoms in total. The van der Waals surface area contributed by atoms with Crippen molar-refractivity contribution in [2.24, 2.45) is 28.7 Å². The summed E-state index contributed by atoms with van der Waals surface area (Å²) in [6, 6.07) is -0.0292. The molecule has 0 aromatic heterocycles. The fraction of sp³-hybridized carbons (Fsp3) is 0.923. The van der Waals surface area contributed by atoms with Gasteiger partial charge in [-0.1, -0.05) is 20.8 Å². The molecule has 4 N–H and O–H groups in total. The molecule has 1 unspecified atom stereocenters. The standard InChI is InChI=1S/C13H26N2O/c1-13(2,3)10-6-4-9(5-7-10)11(14)8-12(15)16/h9-11H,4-8,14H2,1-3H3,(H2,15,16). The van der Waals surface area contributed by atoms with Crippen molar-refractivity contribution in [2.45, 2.75) is 58.9 Å². The molecule has 1 saturated carbocycles. The van der Waals surface area contributed by atoms with Crippen LogP contribution in [-0.4, -0.2) is 11.9 Å². The Labute approximate surface area is 99.0 Å². The number of hydrogen-bond donors (Lipinski definition) is 2. The minimum atomic E-state index is -0.273. The number of hydrogen-bond acceptors (Lipinski definition) is 2. The maximum atomic E-state index is 10.8. The summed E-state index contributed by atoms with van der Waals surface area (Å²) in [4.78, 5) is 10.8. The quantitative estimate of drug-likeness (QED) is 0.773. The van der Waals surface area contributed by atoms with Crippen molar-refractivity contribution in [3.8, 4) is 0 Å². The summed E-state index contributed by atoms with van der Waals surface area (Å²) < 4.78 is 0. The molecule has 0 saturated heterocycles. The van der Waals surface area contributed by atoms with Gasteiger partial charge in [-0.25, -0.2) is 0 Å². The normalized spacial score (nSPS) is 28.8. The topological polar surface area (TPSA) is 69.1 Å². The number of primary amides is 1. The van der Waals surface area contributed by atoms with E-state index in [4.69, 9.17) is 11.5 Å². The summed E-state index contributed by atoms with van der Waals surface area (Å²) in [5, 5.41) is 0. The first-order chi connectivity index (χ1) is 7.30. The Bertz CT molecular complexity index is 237. The van der Waals surface area contributed by atoms with Crippen molar-refractivity contribution in [1.29, 1.82) is 0 Å². The monoisotopic (exact) mass is 226 g/mol. The third-order valence-electron chi connectivity index (χ3n) is 4.04. The molecule has 16 heavy (non-hydrogen) atoms. The van der Waals surface area contributed by atoms with E-state index in [1.54, 1.807) is 0 Å². The van der Waals surface area contributed by atoms with E-state index in [9.17, 15) is 4.79 Å². The Balaban J connectivity index is 2.40. The second kappa shape index (κ2) is 5.17. The summed E-state index contributed by atoms with van der Waals surface area (Å²) in [5.41, 5.74) is 11.6. The Kier molecular flexibility index (Phi) is 4.36. The molecule has 0 radical (unpaired) electrons. The van der Waals surface area contributed by atoms with Crippen molar-refractivity contribution in [1.82, 2.24) is 0 Å². The van der Waals surface area contributed by atoms with Gasteiger partial charge in [0.1, 0.15) is 0 Å². The van der Waals surface area contributed by atoms with Gasteiger partial charge in [-0.3, -0.25) is 4.79 Å². The first-order valence-electron chi connectivity index (χ1n) is 6.34. The van der Waals surface area contributed by atoms with Gasteiger partial charge in [-0.2, -0.15) is 0 Å². The molecule has 0 aromatic carbocycles. The Morgan fingerprint density at radius 1 is 1.25 bits per heavy atom. The fourth-order valence-corrected chi connectivity index (χ4v) is 2.81. The van der Waals surface area contributed by atoms with Crippen molar-refractivity contribution in [3.05, 3.63) is 0 Å². The molecule has 0 bridgehead atoms. The summed E-state index contributed by atoms with van der Waals surface area (Å²) in [6.07, 6.45) is 5.11. The smallest absolute Gasteiger partial charge is 0.218 e. The van der Waals surface area contributed by atoms with E-state index >= 15 is 0 Å². The van der Waals surface area contributed by atoms with E-state index in [2.05, 4.69) is 20.8 Å². The molecule has 1 aliphatic rings. The zero-order chi connectivity index (χ0) is 12.3. The van der Waals surface area contributed by atoms with Gasteiger partial charge < -0.3 is 11.5 Å². The molecule has 1 amide bonds. The molecule has 3 heteroatoms. The summed E-state index contributed by atoms with van der Waals surface area (Å²) in [5.74, 6) is 1.01. The molecule has 1 rings (SSSR count). The van der Waals surface area contributed by atoms with Gasteiger partial charge in [0.25, 0.3) is 0 Å². The Hall–Kier alpha value is -0.570. The molecule has 94 valence electrons. The third kappa shape index (κ3) is 3.78. The number of amides is 1. The van der Waals surface area contributed by atoms with Crippen LogP contribution in [0.3, 0.4) is 0 Å². The highest BCUT2D eigenvalue weighted by atomic mass is 16.1. The average molecular weight is 226 g/mol. The van der Waals surface area contributed by atoms with Crippen LogP contribution in [0.5, 0.6) is 0 Å². The average Bonchev–Trinajstić information content (AvgIpc) is 2.15. The first-order valence-corrected chi connectivity index (χ1v) is 6.34. The summed E-state index contributed by atoms with van der Waals surface area (Å²) in [7, 11) is 0. The van der Waals surface area contributed by atoms with Crippen LogP contribution in [0.2, 0.25) is 0 Å². The molecular formula is C13H26N2O. The van der Waals surface area contributed by atoms with E-state index < -0.39 is 0 Å². The second-order valence-corrected chi connectivity index (χ2v) is 6.31. The number of rotatable bonds is 3. The van der Waals surface area contributed by atoms with E-state index in [1.807, 2.05) is 0 Å². The summed E-state index contributed by atoms with van der Waals surface area (Å²) in [6.45, 7) is 6.92. The minimum absolute atomic E-state index is 0.0292. The molecule has 0 aliphatic heterocycles. The lowest BCUT2D eigenvalue weighted by atomic mass is 9.68. The van der Waals surface area contributed by atoms with E-state index in [1.165, 1.54) is 12.8 Å². The van der Waals surface area contributed by atoms with Crippen LogP contribution < -0.4 is 11.5 Å². The highest BCUT2D eigenvalue weighted by molar-refractivity contribution is 5.74. The molecule has 0 heterocycles.